The highest BCUT2D eigenvalue weighted by atomic mass is 16.1. The average molecular weight is 256 g/mol. The number of carbonyl (C=O) groups excluding carboxylic acids is 1. The van der Waals surface area contributed by atoms with E-state index in [2.05, 4.69) is 15.6 Å². The summed E-state index contributed by atoms with van der Waals surface area (Å²) in [5.41, 5.74) is 9.03. The maximum absolute atomic E-state index is 10.9. The molecule has 2 aromatic rings. The fourth-order valence-corrected chi connectivity index (χ4v) is 1.62. The lowest BCUT2D eigenvalue weighted by atomic mass is 10.2. The second kappa shape index (κ2) is 5.39. The first-order chi connectivity index (χ1) is 9.04. The first-order valence-corrected chi connectivity index (χ1v) is 5.91. The highest BCUT2D eigenvalue weighted by Crippen LogP contribution is 2.19. The molecule has 0 aliphatic carbocycles. The molecule has 0 saturated heterocycles. The average Bonchev–Trinajstić information content (AvgIpc) is 2.36. The molecule has 1 aromatic carbocycles. The van der Waals surface area contributed by atoms with E-state index in [0.29, 0.717) is 5.69 Å². The van der Waals surface area contributed by atoms with E-state index in [1.54, 1.807) is 6.20 Å². The van der Waals surface area contributed by atoms with E-state index in [1.165, 1.54) is 6.92 Å². The summed E-state index contributed by atoms with van der Waals surface area (Å²) in [4.78, 5) is 15.1. The number of rotatable bonds is 3. The van der Waals surface area contributed by atoms with Crippen LogP contribution in [0.4, 0.5) is 22.9 Å². The van der Waals surface area contributed by atoms with Gasteiger partial charge in [-0.25, -0.2) is 4.98 Å². The van der Waals surface area contributed by atoms with Crippen molar-refractivity contribution in [3.63, 3.8) is 0 Å². The molecule has 2 rings (SSSR count). The maximum Gasteiger partial charge on any atom is 0.221 e. The molecule has 4 N–H and O–H groups in total. The van der Waals surface area contributed by atoms with Crippen LogP contribution < -0.4 is 16.4 Å². The molecule has 0 fully saturated rings. The van der Waals surface area contributed by atoms with Gasteiger partial charge in [-0.2, -0.15) is 0 Å². The van der Waals surface area contributed by atoms with Crippen LogP contribution >= 0.6 is 0 Å². The molecule has 1 heterocycles. The molecule has 5 nitrogen and oxygen atoms in total. The quantitative estimate of drug-likeness (QED) is 0.788. The minimum atomic E-state index is -0.0865. The van der Waals surface area contributed by atoms with Crippen molar-refractivity contribution in [2.24, 2.45) is 0 Å². The number of benzene rings is 1. The first kappa shape index (κ1) is 12.9. The number of aryl methyl sites for hydroxylation is 1. The SMILES string of the molecule is CC(=O)Nc1ccc(Nc2cc(C)c(N)cn2)cc1. The lowest BCUT2D eigenvalue weighted by molar-refractivity contribution is -0.114. The Balaban J connectivity index is 2.10. The summed E-state index contributed by atoms with van der Waals surface area (Å²) in [7, 11) is 0. The Morgan fingerprint density at radius 2 is 1.84 bits per heavy atom. The van der Waals surface area contributed by atoms with Gasteiger partial charge in [0.2, 0.25) is 5.91 Å². The molecule has 5 heteroatoms. The molecule has 1 amide bonds. The van der Waals surface area contributed by atoms with Crippen LogP contribution in [0, 0.1) is 6.92 Å². The zero-order valence-corrected chi connectivity index (χ0v) is 10.9. The van der Waals surface area contributed by atoms with Gasteiger partial charge in [-0.15, -0.1) is 0 Å². The first-order valence-electron chi connectivity index (χ1n) is 5.91. The number of nitrogen functional groups attached to an aromatic ring is 1. The van der Waals surface area contributed by atoms with Gasteiger partial charge < -0.3 is 16.4 Å². The van der Waals surface area contributed by atoms with Crippen molar-refractivity contribution in [3.8, 4) is 0 Å². The molecule has 0 saturated carbocycles. The van der Waals surface area contributed by atoms with E-state index < -0.39 is 0 Å². The minimum Gasteiger partial charge on any atom is -0.397 e. The van der Waals surface area contributed by atoms with Crippen LogP contribution in [0.25, 0.3) is 0 Å². The van der Waals surface area contributed by atoms with Gasteiger partial charge in [0.25, 0.3) is 0 Å². The number of aromatic nitrogens is 1. The normalized spacial score (nSPS) is 10.0. The third-order valence-electron chi connectivity index (χ3n) is 2.63. The monoisotopic (exact) mass is 256 g/mol. The van der Waals surface area contributed by atoms with Crippen LogP contribution in [0.3, 0.4) is 0 Å². The molecule has 0 aliphatic heterocycles. The Morgan fingerprint density at radius 3 is 2.42 bits per heavy atom. The Morgan fingerprint density at radius 1 is 1.21 bits per heavy atom. The molecule has 0 unspecified atom stereocenters. The summed E-state index contributed by atoms with van der Waals surface area (Å²) >= 11 is 0. The van der Waals surface area contributed by atoms with E-state index in [-0.39, 0.29) is 5.91 Å². The summed E-state index contributed by atoms with van der Waals surface area (Å²) in [6, 6.07) is 9.29. The third kappa shape index (κ3) is 3.45. The van der Waals surface area contributed by atoms with Gasteiger partial charge in [-0.05, 0) is 42.8 Å². The number of nitrogens with one attached hydrogen (secondary N) is 2. The summed E-state index contributed by atoms with van der Waals surface area (Å²) in [5, 5.41) is 5.89. The minimum absolute atomic E-state index is 0.0865. The number of anilines is 4. The summed E-state index contributed by atoms with van der Waals surface area (Å²) in [5.74, 6) is 0.649. The number of hydrogen-bond donors (Lipinski definition) is 3. The number of carbonyl (C=O) groups is 1. The maximum atomic E-state index is 10.9. The standard InChI is InChI=1S/C14H16N4O/c1-9-7-14(16-8-13(9)15)18-12-5-3-11(4-6-12)17-10(2)19/h3-8H,15H2,1-2H3,(H,16,18)(H,17,19). The fraction of sp³-hybridized carbons (Fsp3) is 0.143. The van der Waals surface area contributed by atoms with Gasteiger partial charge in [0.1, 0.15) is 5.82 Å². The predicted octanol–water partition coefficient (Wildman–Crippen LogP) is 2.67. The largest absolute Gasteiger partial charge is 0.397 e. The van der Waals surface area contributed by atoms with Crippen LogP contribution in [0.5, 0.6) is 0 Å². The highest BCUT2D eigenvalue weighted by molar-refractivity contribution is 5.88. The molecular weight excluding hydrogens is 240 g/mol. The van der Waals surface area contributed by atoms with Crippen molar-refractivity contribution in [1.82, 2.24) is 4.98 Å². The van der Waals surface area contributed by atoms with Crippen LogP contribution in [0.2, 0.25) is 0 Å². The third-order valence-corrected chi connectivity index (χ3v) is 2.63. The van der Waals surface area contributed by atoms with Gasteiger partial charge in [0, 0.05) is 18.3 Å². The zero-order valence-electron chi connectivity index (χ0n) is 10.9. The molecule has 98 valence electrons. The second-order valence-corrected chi connectivity index (χ2v) is 4.31. The number of amides is 1. The lowest BCUT2D eigenvalue weighted by Crippen LogP contribution is -2.05. The van der Waals surface area contributed by atoms with Crippen LogP contribution in [-0.4, -0.2) is 10.9 Å². The smallest absolute Gasteiger partial charge is 0.221 e. The van der Waals surface area contributed by atoms with E-state index in [9.17, 15) is 4.79 Å². The molecule has 1 aromatic heterocycles. The molecule has 19 heavy (non-hydrogen) atoms. The number of pyridine rings is 1. The summed E-state index contributed by atoms with van der Waals surface area (Å²) in [6.45, 7) is 3.41. The van der Waals surface area contributed by atoms with Crippen LogP contribution in [-0.2, 0) is 4.79 Å². The van der Waals surface area contributed by atoms with Gasteiger partial charge >= 0.3 is 0 Å². The second-order valence-electron chi connectivity index (χ2n) is 4.31. The lowest BCUT2D eigenvalue weighted by Gasteiger charge is -2.08. The van der Waals surface area contributed by atoms with Crippen molar-refractivity contribution < 1.29 is 4.79 Å². The van der Waals surface area contributed by atoms with E-state index in [4.69, 9.17) is 5.73 Å². The van der Waals surface area contributed by atoms with Crippen LogP contribution in [0.1, 0.15) is 12.5 Å². The van der Waals surface area contributed by atoms with Gasteiger partial charge in [0.05, 0.1) is 11.9 Å². The number of nitrogens with zero attached hydrogens (tertiary/aromatic N) is 1. The van der Waals surface area contributed by atoms with Gasteiger partial charge in [-0.1, -0.05) is 0 Å². The number of nitrogens with two attached hydrogens (primary N) is 1. The predicted molar refractivity (Wildman–Crippen MR) is 77.4 cm³/mol. The van der Waals surface area contributed by atoms with Crippen molar-refractivity contribution in [2.75, 3.05) is 16.4 Å². The molecule has 0 atom stereocenters. The molecule has 0 radical (unpaired) electrons. The van der Waals surface area contributed by atoms with Crippen LogP contribution in [0.15, 0.2) is 36.5 Å². The fourth-order valence-electron chi connectivity index (χ4n) is 1.62. The summed E-state index contributed by atoms with van der Waals surface area (Å²) in [6.07, 6.45) is 1.63. The van der Waals surface area contributed by atoms with Crippen molar-refractivity contribution >= 4 is 28.8 Å². The number of hydrogen-bond acceptors (Lipinski definition) is 4. The molecule has 0 spiro atoms. The Bertz CT molecular complexity index is 593. The Kier molecular flexibility index (Phi) is 3.66. The van der Waals surface area contributed by atoms with E-state index in [1.807, 2.05) is 37.3 Å². The molecular formula is C14H16N4O. The van der Waals surface area contributed by atoms with E-state index in [0.717, 1.165) is 22.8 Å². The van der Waals surface area contributed by atoms with Crippen molar-refractivity contribution in [1.29, 1.82) is 0 Å². The zero-order chi connectivity index (χ0) is 13.8. The highest BCUT2D eigenvalue weighted by Gasteiger charge is 2.00. The van der Waals surface area contributed by atoms with Gasteiger partial charge in [0.15, 0.2) is 0 Å². The van der Waals surface area contributed by atoms with Crippen molar-refractivity contribution in [3.05, 3.63) is 42.1 Å². The Hall–Kier alpha value is -2.56. The van der Waals surface area contributed by atoms with E-state index >= 15 is 0 Å². The molecule has 0 bridgehead atoms. The topological polar surface area (TPSA) is 80.0 Å². The molecule has 0 aliphatic rings. The van der Waals surface area contributed by atoms with Gasteiger partial charge in [-0.3, -0.25) is 4.79 Å². The summed E-state index contributed by atoms with van der Waals surface area (Å²) < 4.78 is 0. The Labute approximate surface area is 111 Å². The van der Waals surface area contributed by atoms with Crippen molar-refractivity contribution in [2.45, 2.75) is 13.8 Å².